The highest BCUT2D eigenvalue weighted by atomic mass is 32.2. The lowest BCUT2D eigenvalue weighted by Crippen LogP contribution is -2.27. The number of nitrogens with one attached hydrogen (secondary N) is 1. The molecular formula is C9H13N5O2S. The van der Waals surface area contributed by atoms with Crippen LogP contribution < -0.4 is 0 Å². The first kappa shape index (κ1) is 11.8. The molecule has 0 radical (unpaired) electrons. The molecule has 0 aliphatic rings. The molecule has 0 amide bonds. The van der Waals surface area contributed by atoms with E-state index >= 15 is 0 Å². The van der Waals surface area contributed by atoms with Gasteiger partial charge in [0.1, 0.15) is 5.82 Å². The lowest BCUT2D eigenvalue weighted by atomic mass is 10.6. The molecule has 2 heterocycles. The number of aromatic nitrogens is 4. The van der Waals surface area contributed by atoms with Crippen LogP contribution in [0.5, 0.6) is 0 Å². The quantitative estimate of drug-likeness (QED) is 0.831. The summed E-state index contributed by atoms with van der Waals surface area (Å²) in [4.78, 5) is 10.7. The number of aryl methyl sites for hydroxylation is 1. The first-order valence-corrected chi connectivity index (χ1v) is 6.36. The zero-order valence-electron chi connectivity index (χ0n) is 9.53. The van der Waals surface area contributed by atoms with Crippen molar-refractivity contribution in [3.63, 3.8) is 0 Å². The molecule has 0 aliphatic carbocycles. The van der Waals surface area contributed by atoms with Crippen LogP contribution >= 0.6 is 0 Å². The van der Waals surface area contributed by atoms with Crippen molar-refractivity contribution in [1.29, 1.82) is 0 Å². The van der Waals surface area contributed by atoms with Gasteiger partial charge in [-0.2, -0.15) is 4.31 Å². The molecule has 0 saturated heterocycles. The lowest BCUT2D eigenvalue weighted by Gasteiger charge is -2.13. The summed E-state index contributed by atoms with van der Waals surface area (Å²) in [7, 11) is -0.339. The standard InChI is InChI=1S/C9H13N5O2S/c1-13-6-9(12-7-13)17(15,16)14(2)5-8-10-3-4-11-8/h3-4,6-7H,5H2,1-2H3,(H,10,11). The molecule has 0 saturated carbocycles. The van der Waals surface area contributed by atoms with Gasteiger partial charge in [-0.25, -0.2) is 18.4 Å². The highest BCUT2D eigenvalue weighted by Crippen LogP contribution is 2.12. The third kappa shape index (κ3) is 2.37. The van der Waals surface area contributed by atoms with Gasteiger partial charge in [0, 0.05) is 32.7 Å². The van der Waals surface area contributed by atoms with Gasteiger partial charge >= 0.3 is 0 Å². The van der Waals surface area contributed by atoms with Crippen molar-refractivity contribution in [2.75, 3.05) is 7.05 Å². The SMILES string of the molecule is CN(Cc1ncc[nH]1)S(=O)(=O)c1cn(C)cn1. The fraction of sp³-hybridized carbons (Fsp3) is 0.333. The number of sulfonamides is 1. The van der Waals surface area contributed by atoms with Gasteiger partial charge in [0.25, 0.3) is 10.0 Å². The Morgan fingerprint density at radius 2 is 2.24 bits per heavy atom. The van der Waals surface area contributed by atoms with E-state index in [9.17, 15) is 8.42 Å². The second-order valence-electron chi connectivity index (χ2n) is 3.67. The molecule has 17 heavy (non-hydrogen) atoms. The maximum atomic E-state index is 12.1. The van der Waals surface area contributed by atoms with E-state index in [-0.39, 0.29) is 11.6 Å². The summed E-state index contributed by atoms with van der Waals surface area (Å²) in [6.07, 6.45) is 6.15. The van der Waals surface area contributed by atoms with Gasteiger partial charge in [-0.3, -0.25) is 0 Å². The Balaban J connectivity index is 2.21. The van der Waals surface area contributed by atoms with Crippen LogP contribution in [0.15, 0.2) is 29.9 Å². The summed E-state index contributed by atoms with van der Waals surface area (Å²) >= 11 is 0. The summed E-state index contributed by atoms with van der Waals surface area (Å²) in [5, 5.41) is 0.0362. The van der Waals surface area contributed by atoms with Gasteiger partial charge in [0.2, 0.25) is 0 Å². The Hall–Kier alpha value is -1.67. The van der Waals surface area contributed by atoms with Gasteiger partial charge < -0.3 is 9.55 Å². The Kier molecular flexibility index (Phi) is 2.99. The van der Waals surface area contributed by atoms with Crippen molar-refractivity contribution in [1.82, 2.24) is 23.8 Å². The highest BCUT2D eigenvalue weighted by molar-refractivity contribution is 7.89. The minimum absolute atomic E-state index is 0.0362. The average molecular weight is 255 g/mol. The molecule has 0 atom stereocenters. The van der Waals surface area contributed by atoms with Crippen molar-refractivity contribution in [3.05, 3.63) is 30.7 Å². The van der Waals surface area contributed by atoms with E-state index < -0.39 is 10.0 Å². The van der Waals surface area contributed by atoms with Crippen molar-refractivity contribution in [3.8, 4) is 0 Å². The molecule has 92 valence electrons. The van der Waals surface area contributed by atoms with Crippen LogP contribution in [0.4, 0.5) is 0 Å². The predicted molar refractivity (Wildman–Crippen MR) is 60.4 cm³/mol. The van der Waals surface area contributed by atoms with Crippen molar-refractivity contribution in [2.45, 2.75) is 11.6 Å². The zero-order valence-corrected chi connectivity index (χ0v) is 10.3. The van der Waals surface area contributed by atoms with Gasteiger partial charge in [0.05, 0.1) is 12.9 Å². The third-order valence-electron chi connectivity index (χ3n) is 2.28. The molecule has 2 rings (SSSR count). The maximum Gasteiger partial charge on any atom is 0.262 e. The number of aromatic amines is 1. The minimum atomic E-state index is -3.55. The fourth-order valence-corrected chi connectivity index (χ4v) is 2.45. The summed E-state index contributed by atoms with van der Waals surface area (Å²) in [5.74, 6) is 0.590. The highest BCUT2D eigenvalue weighted by Gasteiger charge is 2.23. The Morgan fingerprint density at radius 3 is 2.76 bits per heavy atom. The molecule has 0 spiro atoms. The number of imidazole rings is 2. The largest absolute Gasteiger partial charge is 0.347 e. The Bertz CT molecular complexity index is 587. The van der Waals surface area contributed by atoms with Crippen LogP contribution in [-0.2, 0) is 23.6 Å². The molecule has 0 aromatic carbocycles. The summed E-state index contributed by atoms with van der Waals surface area (Å²) < 4.78 is 27.0. The van der Waals surface area contributed by atoms with Crippen LogP contribution in [0.2, 0.25) is 0 Å². The van der Waals surface area contributed by atoms with Gasteiger partial charge in [-0.15, -0.1) is 0 Å². The Labute approximate surface area is 99.2 Å². The smallest absolute Gasteiger partial charge is 0.262 e. The van der Waals surface area contributed by atoms with E-state index in [2.05, 4.69) is 15.0 Å². The second kappa shape index (κ2) is 4.30. The van der Waals surface area contributed by atoms with E-state index in [1.807, 2.05) is 0 Å². The van der Waals surface area contributed by atoms with Gasteiger partial charge in [-0.05, 0) is 0 Å². The first-order chi connectivity index (χ1) is 8.00. The van der Waals surface area contributed by atoms with Crippen LogP contribution in [0, 0.1) is 0 Å². The number of hydrogen-bond donors (Lipinski definition) is 1. The minimum Gasteiger partial charge on any atom is -0.347 e. The monoisotopic (exact) mass is 255 g/mol. The van der Waals surface area contributed by atoms with E-state index in [0.29, 0.717) is 5.82 Å². The number of rotatable bonds is 4. The van der Waals surface area contributed by atoms with Gasteiger partial charge in [-0.1, -0.05) is 0 Å². The molecule has 2 aromatic rings. The molecule has 0 aliphatic heterocycles. The Morgan fingerprint density at radius 1 is 1.47 bits per heavy atom. The second-order valence-corrected chi connectivity index (χ2v) is 5.67. The van der Waals surface area contributed by atoms with Gasteiger partial charge in [0.15, 0.2) is 5.03 Å². The first-order valence-electron chi connectivity index (χ1n) is 4.92. The molecule has 8 heteroatoms. The van der Waals surface area contributed by atoms with Crippen LogP contribution in [0.3, 0.4) is 0 Å². The number of H-pyrrole nitrogens is 1. The molecule has 2 aromatic heterocycles. The van der Waals surface area contributed by atoms with Crippen molar-refractivity contribution >= 4 is 10.0 Å². The molecule has 0 unspecified atom stereocenters. The van der Waals surface area contributed by atoms with E-state index in [1.54, 1.807) is 24.0 Å². The van der Waals surface area contributed by atoms with E-state index in [1.165, 1.54) is 23.9 Å². The van der Waals surface area contributed by atoms with Crippen LogP contribution in [-0.4, -0.2) is 39.3 Å². The summed E-state index contributed by atoms with van der Waals surface area (Å²) in [6, 6.07) is 0. The topological polar surface area (TPSA) is 83.9 Å². The van der Waals surface area contributed by atoms with Crippen LogP contribution in [0.25, 0.3) is 0 Å². The number of nitrogens with zero attached hydrogens (tertiary/aromatic N) is 4. The lowest BCUT2D eigenvalue weighted by molar-refractivity contribution is 0.456. The van der Waals surface area contributed by atoms with Crippen LogP contribution in [0.1, 0.15) is 5.82 Å². The predicted octanol–water partition coefficient (Wildman–Crippen LogP) is -0.0361. The van der Waals surface area contributed by atoms with Crippen molar-refractivity contribution in [2.24, 2.45) is 7.05 Å². The maximum absolute atomic E-state index is 12.1. The third-order valence-corrected chi connectivity index (χ3v) is 3.97. The molecule has 0 bridgehead atoms. The normalized spacial score (nSPS) is 12.2. The molecular weight excluding hydrogens is 242 g/mol. The number of hydrogen-bond acceptors (Lipinski definition) is 4. The van der Waals surface area contributed by atoms with Crippen molar-refractivity contribution < 1.29 is 8.42 Å². The zero-order chi connectivity index (χ0) is 12.5. The molecule has 0 fully saturated rings. The average Bonchev–Trinajstić information content (AvgIpc) is 2.89. The summed E-state index contributed by atoms with van der Waals surface area (Å²) in [6.45, 7) is 0.186. The fourth-order valence-electron chi connectivity index (χ4n) is 1.36. The molecule has 1 N–H and O–H groups in total. The van der Waals surface area contributed by atoms with E-state index in [0.717, 1.165) is 0 Å². The van der Waals surface area contributed by atoms with E-state index in [4.69, 9.17) is 0 Å². The molecule has 7 nitrogen and oxygen atoms in total. The summed E-state index contributed by atoms with van der Waals surface area (Å²) in [5.41, 5.74) is 0.